The fraction of sp³-hybridized carbons (Fsp3) is 0.423. The molecule has 0 bridgehead atoms. The second-order valence-corrected chi connectivity index (χ2v) is 8.00. The predicted octanol–water partition coefficient (Wildman–Crippen LogP) is 4.85. The van der Waals surface area contributed by atoms with Crippen LogP contribution in [0.4, 0.5) is 0 Å². The van der Waals surface area contributed by atoms with Crippen LogP contribution >= 0.6 is 0 Å². The van der Waals surface area contributed by atoms with E-state index >= 15 is 0 Å². The molecule has 0 N–H and O–H groups in total. The first-order valence-electron chi connectivity index (χ1n) is 11.0. The smallest absolute Gasteiger partial charge is 0.188 e. The topological polar surface area (TPSA) is 81.7 Å². The lowest BCUT2D eigenvalue weighted by Gasteiger charge is -2.29. The number of fused-ring (bicyclic) bond motifs is 1. The molecule has 34 heavy (non-hydrogen) atoms. The molecule has 2 aromatic carbocycles. The van der Waals surface area contributed by atoms with E-state index in [-0.39, 0.29) is 32.6 Å². The lowest BCUT2D eigenvalue weighted by Crippen LogP contribution is -2.22. The maximum atomic E-state index is 13.4. The van der Waals surface area contributed by atoms with Crippen LogP contribution in [0.1, 0.15) is 47.9 Å². The van der Waals surface area contributed by atoms with E-state index in [1.165, 1.54) is 7.11 Å². The Hall–Kier alpha value is -3.07. The highest BCUT2D eigenvalue weighted by molar-refractivity contribution is 6.03. The van der Waals surface area contributed by atoms with Gasteiger partial charge in [-0.3, -0.25) is 4.79 Å². The first-order valence-corrected chi connectivity index (χ1v) is 11.0. The maximum Gasteiger partial charge on any atom is 0.188 e. The van der Waals surface area contributed by atoms with Crippen molar-refractivity contribution in [1.29, 1.82) is 0 Å². The van der Waals surface area contributed by atoms with Gasteiger partial charge in [0.15, 0.2) is 26.2 Å². The molecule has 0 spiro atoms. The number of carbonyl (C=O) groups is 1. The molecule has 0 unspecified atom stereocenters. The van der Waals surface area contributed by atoms with Crippen LogP contribution in [0, 0.1) is 0 Å². The predicted molar refractivity (Wildman–Crippen MR) is 126 cm³/mol. The molecular weight excluding hydrogens is 440 g/mol. The summed E-state index contributed by atoms with van der Waals surface area (Å²) in [5, 5.41) is 0. The van der Waals surface area contributed by atoms with Gasteiger partial charge in [-0.1, -0.05) is 23.8 Å². The van der Waals surface area contributed by atoms with E-state index in [9.17, 15) is 4.79 Å². The third-order valence-corrected chi connectivity index (χ3v) is 5.19. The molecule has 3 rings (SSSR count). The van der Waals surface area contributed by atoms with Crippen molar-refractivity contribution in [3.8, 4) is 23.0 Å². The van der Waals surface area contributed by atoms with Gasteiger partial charge in [-0.15, -0.1) is 0 Å². The normalized spacial score (nSPS) is 14.7. The minimum Gasteiger partial charge on any atom is -0.484 e. The summed E-state index contributed by atoms with van der Waals surface area (Å²) < 4.78 is 38.6. The molecule has 0 fully saturated rings. The molecule has 8 heteroatoms. The third kappa shape index (κ3) is 6.28. The largest absolute Gasteiger partial charge is 0.484 e. The maximum absolute atomic E-state index is 13.4. The quantitative estimate of drug-likeness (QED) is 0.320. The average molecular weight is 473 g/mol. The van der Waals surface area contributed by atoms with Gasteiger partial charge in [-0.25, -0.2) is 0 Å². The van der Waals surface area contributed by atoms with Gasteiger partial charge in [0.1, 0.15) is 34.7 Å². The molecule has 0 aliphatic carbocycles. The minimum absolute atomic E-state index is 0.0123. The number of rotatable bonds is 12. The number of carbonyl (C=O) groups excluding carboxylic acids is 1. The van der Waals surface area contributed by atoms with Crippen molar-refractivity contribution in [2.75, 3.05) is 41.7 Å². The molecule has 0 aromatic heterocycles. The number of ether oxygens (including phenoxy) is 7. The van der Waals surface area contributed by atoms with Crippen LogP contribution in [0.2, 0.25) is 0 Å². The van der Waals surface area contributed by atoms with E-state index in [1.54, 1.807) is 20.3 Å². The zero-order chi connectivity index (χ0) is 24.5. The molecular formula is C26H32O8. The Bertz CT molecular complexity index is 993. The Kier molecular flexibility index (Phi) is 9.33. The summed E-state index contributed by atoms with van der Waals surface area (Å²) in [5.41, 5.74) is 3.13. The van der Waals surface area contributed by atoms with Crippen molar-refractivity contribution in [2.24, 2.45) is 0 Å². The van der Waals surface area contributed by atoms with Gasteiger partial charge in [-0.05, 0) is 38.0 Å². The summed E-state index contributed by atoms with van der Waals surface area (Å²) >= 11 is 0. The van der Waals surface area contributed by atoms with Crippen LogP contribution in [0.15, 0.2) is 42.0 Å². The number of allylic oxidation sites excluding steroid dienone is 2. The summed E-state index contributed by atoms with van der Waals surface area (Å²) in [5.74, 6) is 1.94. The van der Waals surface area contributed by atoms with Crippen LogP contribution in [-0.4, -0.2) is 47.5 Å². The van der Waals surface area contributed by atoms with E-state index in [4.69, 9.17) is 33.2 Å². The zero-order valence-electron chi connectivity index (χ0n) is 20.3. The Balaban J connectivity index is 2.00. The molecule has 0 saturated heterocycles. The van der Waals surface area contributed by atoms with E-state index in [2.05, 4.69) is 0 Å². The lowest BCUT2D eigenvalue weighted by molar-refractivity contribution is 0.0427. The van der Waals surface area contributed by atoms with Crippen molar-refractivity contribution in [3.05, 3.63) is 58.7 Å². The average Bonchev–Trinajstić information content (AvgIpc) is 2.83. The molecule has 2 aromatic rings. The summed E-state index contributed by atoms with van der Waals surface area (Å²) in [7, 11) is 4.64. The lowest BCUT2D eigenvalue weighted by atomic mass is 9.92. The van der Waals surface area contributed by atoms with Crippen LogP contribution in [0.3, 0.4) is 0 Å². The first kappa shape index (κ1) is 25.6. The van der Waals surface area contributed by atoms with Crippen molar-refractivity contribution >= 4 is 5.78 Å². The summed E-state index contributed by atoms with van der Waals surface area (Å²) in [6.45, 7) is 4.21. The fourth-order valence-corrected chi connectivity index (χ4v) is 3.59. The number of methoxy groups -OCH3 is 3. The third-order valence-electron chi connectivity index (χ3n) is 5.19. The standard InChI is InChI=1S/C26H32O8/c1-17(2)6-11-20-23(32-15-29-4)13-24-25(26(20)33-16-30-5)21(27)12-22(34-24)18-7-9-19(10-8-18)31-14-28-3/h6-10,13,22H,11-12,14-16H2,1-5H3/t22-/m0/s1. The summed E-state index contributed by atoms with van der Waals surface area (Å²) in [6.07, 6.45) is 2.29. The van der Waals surface area contributed by atoms with Gasteiger partial charge in [0, 0.05) is 33.0 Å². The van der Waals surface area contributed by atoms with Crippen LogP contribution in [-0.2, 0) is 20.6 Å². The Morgan fingerprint density at radius 3 is 2.26 bits per heavy atom. The molecule has 1 aliphatic heterocycles. The molecule has 184 valence electrons. The highest BCUT2D eigenvalue weighted by atomic mass is 16.7. The Morgan fingerprint density at radius 1 is 0.971 bits per heavy atom. The minimum atomic E-state index is -0.453. The molecule has 0 saturated carbocycles. The number of hydrogen-bond donors (Lipinski definition) is 0. The molecule has 8 nitrogen and oxygen atoms in total. The van der Waals surface area contributed by atoms with Crippen molar-refractivity contribution < 1.29 is 38.0 Å². The van der Waals surface area contributed by atoms with Crippen LogP contribution in [0.5, 0.6) is 23.0 Å². The molecule has 1 heterocycles. The van der Waals surface area contributed by atoms with E-state index in [1.807, 2.05) is 44.2 Å². The summed E-state index contributed by atoms with van der Waals surface area (Å²) in [4.78, 5) is 13.4. The Labute approximate surface area is 200 Å². The van der Waals surface area contributed by atoms with Crippen LogP contribution in [0.25, 0.3) is 0 Å². The fourth-order valence-electron chi connectivity index (χ4n) is 3.59. The number of Topliss-reactive ketones (excluding diaryl/α,β-unsaturated/α-hetero) is 1. The zero-order valence-corrected chi connectivity index (χ0v) is 20.3. The highest BCUT2D eigenvalue weighted by Crippen LogP contribution is 2.46. The van der Waals surface area contributed by atoms with Gasteiger partial charge in [-0.2, -0.15) is 0 Å². The number of benzene rings is 2. The van der Waals surface area contributed by atoms with Crippen molar-refractivity contribution in [3.63, 3.8) is 0 Å². The summed E-state index contributed by atoms with van der Waals surface area (Å²) in [6, 6.07) is 9.13. The molecule has 1 atom stereocenters. The highest BCUT2D eigenvalue weighted by Gasteiger charge is 2.34. The Morgan fingerprint density at radius 2 is 1.62 bits per heavy atom. The van der Waals surface area contributed by atoms with Gasteiger partial charge >= 0.3 is 0 Å². The van der Waals surface area contributed by atoms with Gasteiger partial charge in [0.2, 0.25) is 0 Å². The van der Waals surface area contributed by atoms with E-state index < -0.39 is 6.10 Å². The van der Waals surface area contributed by atoms with Gasteiger partial charge < -0.3 is 33.2 Å². The second kappa shape index (κ2) is 12.4. The molecule has 0 amide bonds. The van der Waals surface area contributed by atoms with Gasteiger partial charge in [0.25, 0.3) is 0 Å². The van der Waals surface area contributed by atoms with E-state index in [0.717, 1.165) is 16.7 Å². The first-order chi connectivity index (χ1) is 16.5. The number of ketones is 1. The molecule has 1 aliphatic rings. The number of hydrogen-bond acceptors (Lipinski definition) is 8. The second-order valence-electron chi connectivity index (χ2n) is 8.00. The monoisotopic (exact) mass is 472 g/mol. The SMILES string of the molecule is COCOc1ccc([C@@H]2CC(=O)c3c(cc(OCOC)c(CC=C(C)C)c3OCOC)O2)cc1. The van der Waals surface area contributed by atoms with Crippen molar-refractivity contribution in [2.45, 2.75) is 32.8 Å². The van der Waals surface area contributed by atoms with Crippen LogP contribution < -0.4 is 18.9 Å². The van der Waals surface area contributed by atoms with E-state index in [0.29, 0.717) is 35.0 Å². The van der Waals surface area contributed by atoms with Gasteiger partial charge in [0.05, 0.1) is 6.42 Å². The van der Waals surface area contributed by atoms with Crippen molar-refractivity contribution in [1.82, 2.24) is 0 Å². The molecule has 0 radical (unpaired) electrons.